The highest BCUT2D eigenvalue weighted by molar-refractivity contribution is 6.40. The van der Waals surface area contributed by atoms with Gasteiger partial charge in [0.1, 0.15) is 6.04 Å². The highest BCUT2D eigenvalue weighted by atomic mass is 35.5. The number of amides is 3. The van der Waals surface area contributed by atoms with E-state index in [4.69, 9.17) is 16.3 Å². The van der Waals surface area contributed by atoms with Gasteiger partial charge in [-0.05, 0) is 51.8 Å². The van der Waals surface area contributed by atoms with E-state index in [-0.39, 0.29) is 6.10 Å². The summed E-state index contributed by atoms with van der Waals surface area (Å²) in [7, 11) is 0. The van der Waals surface area contributed by atoms with Gasteiger partial charge in [0.2, 0.25) is 5.91 Å². The molecule has 1 aliphatic heterocycles. The molecule has 33 heavy (non-hydrogen) atoms. The molecule has 0 radical (unpaired) electrons. The summed E-state index contributed by atoms with van der Waals surface area (Å²) < 4.78 is 5.60. The molecule has 0 bridgehead atoms. The van der Waals surface area contributed by atoms with Gasteiger partial charge in [-0.3, -0.25) is 14.4 Å². The van der Waals surface area contributed by atoms with Gasteiger partial charge in [-0.2, -0.15) is 0 Å². The first kappa shape index (κ1) is 24.7. The quantitative estimate of drug-likeness (QED) is 0.600. The molecule has 3 rings (SSSR count). The van der Waals surface area contributed by atoms with E-state index in [9.17, 15) is 14.4 Å². The smallest absolute Gasteiger partial charge is 0.313 e. The molecule has 0 aliphatic carbocycles. The number of hydrogen-bond acceptors (Lipinski definition) is 4. The molecule has 176 valence electrons. The Morgan fingerprint density at radius 2 is 1.82 bits per heavy atom. The first-order chi connectivity index (χ1) is 15.8. The van der Waals surface area contributed by atoms with Crippen molar-refractivity contribution >= 4 is 35.0 Å². The molecule has 2 aromatic rings. The minimum Gasteiger partial charge on any atom is -0.376 e. The molecule has 7 nitrogen and oxygen atoms in total. The fraction of sp³-hybridized carbons (Fsp3) is 0.400. The van der Waals surface area contributed by atoms with Crippen molar-refractivity contribution in [1.29, 1.82) is 0 Å². The van der Waals surface area contributed by atoms with Crippen LogP contribution in [0, 0.1) is 6.92 Å². The van der Waals surface area contributed by atoms with Crippen LogP contribution >= 0.6 is 11.6 Å². The zero-order valence-corrected chi connectivity index (χ0v) is 19.9. The van der Waals surface area contributed by atoms with Crippen molar-refractivity contribution in [3.05, 3.63) is 64.7 Å². The largest absolute Gasteiger partial charge is 0.376 e. The average molecular weight is 472 g/mol. The van der Waals surface area contributed by atoms with Crippen LogP contribution in [0.5, 0.6) is 0 Å². The summed E-state index contributed by atoms with van der Waals surface area (Å²) in [5.41, 5.74) is 1.99. The number of nitrogens with one attached hydrogen (secondary N) is 2. The van der Waals surface area contributed by atoms with Crippen LogP contribution in [0.4, 0.5) is 5.69 Å². The lowest BCUT2D eigenvalue weighted by molar-refractivity contribution is -0.149. The summed E-state index contributed by atoms with van der Waals surface area (Å²) in [4.78, 5) is 40.8. The predicted molar refractivity (Wildman–Crippen MR) is 128 cm³/mol. The molecule has 1 aliphatic rings. The van der Waals surface area contributed by atoms with E-state index in [0.717, 1.165) is 18.4 Å². The summed E-state index contributed by atoms with van der Waals surface area (Å²) in [6, 6.07) is 12.4. The van der Waals surface area contributed by atoms with E-state index in [1.165, 1.54) is 4.90 Å². The van der Waals surface area contributed by atoms with E-state index in [1.54, 1.807) is 50.2 Å². The van der Waals surface area contributed by atoms with E-state index in [2.05, 4.69) is 10.6 Å². The fourth-order valence-electron chi connectivity index (χ4n) is 3.82. The maximum Gasteiger partial charge on any atom is 0.313 e. The van der Waals surface area contributed by atoms with E-state index < -0.39 is 29.8 Å². The van der Waals surface area contributed by atoms with Crippen molar-refractivity contribution in [2.24, 2.45) is 0 Å². The van der Waals surface area contributed by atoms with Gasteiger partial charge < -0.3 is 20.3 Å². The third-order valence-electron chi connectivity index (χ3n) is 5.55. The lowest BCUT2D eigenvalue weighted by Crippen LogP contribution is -2.51. The Kier molecular flexibility index (Phi) is 8.47. The molecule has 3 amide bonds. The maximum atomic E-state index is 13.4. The number of hydrogen-bond donors (Lipinski definition) is 2. The second-order valence-corrected chi connectivity index (χ2v) is 8.84. The normalized spacial score (nSPS) is 16.3. The van der Waals surface area contributed by atoms with Gasteiger partial charge in [0.05, 0.1) is 6.10 Å². The van der Waals surface area contributed by atoms with Gasteiger partial charge in [0.25, 0.3) is 0 Å². The molecular weight excluding hydrogens is 442 g/mol. The standard InChI is InChI=1S/C25H30ClN3O4/c1-16(2)29(25(32)24(31)28-18-12-10-17(3)11-13-18)22(20-8-4-5-9-21(20)26)23(30)27-15-19-7-6-14-33-19/h4-5,8-13,16,19,22H,6-7,14-15H2,1-3H3,(H,27,30)(H,28,31). The Hall–Kier alpha value is -2.90. The van der Waals surface area contributed by atoms with Crippen LogP contribution < -0.4 is 10.6 Å². The average Bonchev–Trinajstić information content (AvgIpc) is 3.31. The molecule has 2 atom stereocenters. The number of halogens is 1. The summed E-state index contributed by atoms with van der Waals surface area (Å²) in [5, 5.41) is 5.85. The number of carbonyl (C=O) groups excluding carboxylic acids is 3. The Bertz CT molecular complexity index is 987. The minimum atomic E-state index is -1.07. The Balaban J connectivity index is 1.87. The third kappa shape index (κ3) is 6.33. The minimum absolute atomic E-state index is 0.0612. The summed E-state index contributed by atoms with van der Waals surface area (Å²) >= 11 is 6.42. The molecule has 8 heteroatoms. The second-order valence-electron chi connectivity index (χ2n) is 8.43. The number of carbonyl (C=O) groups is 3. The van der Waals surface area contributed by atoms with Crippen molar-refractivity contribution in [2.45, 2.75) is 51.8 Å². The number of aryl methyl sites for hydroxylation is 1. The van der Waals surface area contributed by atoms with Crippen LogP contribution in [0.2, 0.25) is 5.02 Å². The molecule has 2 unspecified atom stereocenters. The van der Waals surface area contributed by atoms with Crippen molar-refractivity contribution in [3.63, 3.8) is 0 Å². The predicted octanol–water partition coefficient (Wildman–Crippen LogP) is 3.86. The van der Waals surface area contributed by atoms with E-state index >= 15 is 0 Å². The monoisotopic (exact) mass is 471 g/mol. The molecule has 0 aromatic heterocycles. The second kappa shape index (κ2) is 11.3. The molecule has 1 fully saturated rings. The van der Waals surface area contributed by atoms with Crippen LogP contribution in [0.3, 0.4) is 0 Å². The highest BCUT2D eigenvalue weighted by Gasteiger charge is 2.37. The van der Waals surface area contributed by atoms with Crippen molar-refractivity contribution < 1.29 is 19.1 Å². The van der Waals surface area contributed by atoms with Crippen LogP contribution in [0.1, 0.15) is 43.9 Å². The summed E-state index contributed by atoms with van der Waals surface area (Å²) in [5.74, 6) is -2.05. The van der Waals surface area contributed by atoms with Gasteiger partial charge in [-0.15, -0.1) is 0 Å². The lowest BCUT2D eigenvalue weighted by Gasteiger charge is -2.34. The number of rotatable bonds is 7. The summed E-state index contributed by atoms with van der Waals surface area (Å²) in [6.07, 6.45) is 1.75. The van der Waals surface area contributed by atoms with Gasteiger partial charge in [-0.25, -0.2) is 0 Å². The first-order valence-electron chi connectivity index (χ1n) is 11.1. The first-order valence-corrected chi connectivity index (χ1v) is 11.5. The molecule has 2 N–H and O–H groups in total. The van der Waals surface area contributed by atoms with Crippen LogP contribution in [0.25, 0.3) is 0 Å². The molecule has 1 heterocycles. The topological polar surface area (TPSA) is 87.7 Å². The number of anilines is 1. The third-order valence-corrected chi connectivity index (χ3v) is 5.89. The van der Waals surface area contributed by atoms with Crippen LogP contribution in [0.15, 0.2) is 48.5 Å². The SMILES string of the molecule is Cc1ccc(NC(=O)C(=O)N(C(C)C)C(C(=O)NCC2CCCO2)c2ccccc2Cl)cc1. The van der Waals surface area contributed by atoms with Gasteiger partial charge in [0.15, 0.2) is 0 Å². The molecule has 2 aromatic carbocycles. The van der Waals surface area contributed by atoms with Crippen molar-refractivity contribution in [3.8, 4) is 0 Å². The van der Waals surface area contributed by atoms with Crippen LogP contribution in [-0.2, 0) is 19.1 Å². The molecular formula is C25H30ClN3O4. The number of nitrogens with zero attached hydrogens (tertiary/aromatic N) is 1. The zero-order chi connectivity index (χ0) is 24.0. The molecule has 1 saturated heterocycles. The van der Waals surface area contributed by atoms with Gasteiger partial charge in [0, 0.05) is 35.5 Å². The Morgan fingerprint density at radius 1 is 1.12 bits per heavy atom. The highest BCUT2D eigenvalue weighted by Crippen LogP contribution is 2.30. The molecule has 0 spiro atoms. The van der Waals surface area contributed by atoms with Crippen molar-refractivity contribution in [1.82, 2.24) is 10.2 Å². The van der Waals surface area contributed by atoms with Gasteiger partial charge in [-0.1, -0.05) is 47.5 Å². The maximum absolute atomic E-state index is 13.4. The lowest BCUT2D eigenvalue weighted by atomic mass is 10.0. The van der Waals surface area contributed by atoms with Crippen molar-refractivity contribution in [2.75, 3.05) is 18.5 Å². The fourth-order valence-corrected chi connectivity index (χ4v) is 4.06. The Labute approximate surface area is 199 Å². The van der Waals surface area contributed by atoms with E-state index in [0.29, 0.717) is 29.4 Å². The Morgan fingerprint density at radius 3 is 2.42 bits per heavy atom. The summed E-state index contributed by atoms with van der Waals surface area (Å²) in [6.45, 7) is 6.45. The van der Waals surface area contributed by atoms with E-state index in [1.807, 2.05) is 19.1 Å². The number of ether oxygens (including phenoxy) is 1. The number of benzene rings is 2. The van der Waals surface area contributed by atoms with Gasteiger partial charge >= 0.3 is 11.8 Å². The zero-order valence-electron chi connectivity index (χ0n) is 19.1. The molecule has 0 saturated carbocycles. The van der Waals surface area contributed by atoms with Crippen LogP contribution in [-0.4, -0.2) is 47.9 Å².